The number of nitrogens with one attached hydrogen (secondary N) is 1. The van der Waals surface area contributed by atoms with E-state index in [-0.39, 0.29) is 34.0 Å². The van der Waals surface area contributed by atoms with Crippen LogP contribution >= 0.6 is 24.0 Å². The number of ether oxygens (including phenoxy) is 1. The van der Waals surface area contributed by atoms with Crippen LogP contribution in [0.3, 0.4) is 0 Å². The van der Waals surface area contributed by atoms with E-state index in [0.29, 0.717) is 29.7 Å². The topological polar surface area (TPSA) is 86.1 Å². The smallest absolute Gasteiger partial charge is 0.417 e. The molecule has 0 saturated carbocycles. The molecule has 7 nitrogen and oxygen atoms in total. The standard InChI is InChI=1S/C21H16ClF3N4O3S.ClH/c1-26-9-13-12-29(33(30,31)16-3-2-6-27-11-16)19-8-15(4-5-17(13)19)32-20-18(22)7-14(10-28-20)21(23,24)25;/h2-8,10-12,26H,9H2,1H3;1H. The van der Waals surface area contributed by atoms with Crippen molar-refractivity contribution >= 4 is 44.9 Å². The second-order valence-electron chi connectivity index (χ2n) is 6.96. The summed E-state index contributed by atoms with van der Waals surface area (Å²) in [6, 6.07) is 8.32. The molecule has 0 aliphatic rings. The number of hydrogen-bond donors (Lipinski definition) is 1. The van der Waals surface area contributed by atoms with Crippen LogP contribution in [-0.4, -0.2) is 29.4 Å². The van der Waals surface area contributed by atoms with Crippen LogP contribution in [0.25, 0.3) is 10.9 Å². The number of benzene rings is 1. The summed E-state index contributed by atoms with van der Waals surface area (Å²) in [6.45, 7) is 0.401. The van der Waals surface area contributed by atoms with E-state index < -0.39 is 21.8 Å². The molecule has 1 N–H and O–H groups in total. The minimum absolute atomic E-state index is 0. The molecule has 0 radical (unpaired) electrons. The maximum Gasteiger partial charge on any atom is 0.417 e. The summed E-state index contributed by atoms with van der Waals surface area (Å²) >= 11 is 5.93. The Morgan fingerprint density at radius 3 is 2.56 bits per heavy atom. The number of halogens is 5. The van der Waals surface area contributed by atoms with E-state index in [1.807, 2.05) is 0 Å². The van der Waals surface area contributed by atoms with Crippen molar-refractivity contribution < 1.29 is 26.3 Å². The molecule has 34 heavy (non-hydrogen) atoms. The zero-order valence-electron chi connectivity index (χ0n) is 17.4. The van der Waals surface area contributed by atoms with Gasteiger partial charge < -0.3 is 10.1 Å². The molecule has 0 aliphatic heterocycles. The monoisotopic (exact) mass is 532 g/mol. The summed E-state index contributed by atoms with van der Waals surface area (Å²) in [7, 11) is -2.25. The van der Waals surface area contributed by atoms with Gasteiger partial charge in [-0.2, -0.15) is 13.2 Å². The molecule has 0 unspecified atom stereocenters. The van der Waals surface area contributed by atoms with Crippen LogP contribution in [0, 0.1) is 0 Å². The van der Waals surface area contributed by atoms with Crippen LogP contribution in [0.4, 0.5) is 13.2 Å². The molecule has 13 heteroatoms. The molecule has 4 rings (SSSR count). The number of hydrogen-bond acceptors (Lipinski definition) is 6. The van der Waals surface area contributed by atoms with Crippen molar-refractivity contribution in [2.75, 3.05) is 7.05 Å². The Bertz CT molecular complexity index is 1430. The third-order valence-corrected chi connectivity index (χ3v) is 6.66. The molecule has 0 bridgehead atoms. The van der Waals surface area contributed by atoms with E-state index in [2.05, 4.69) is 15.3 Å². The zero-order chi connectivity index (χ0) is 23.8. The summed E-state index contributed by atoms with van der Waals surface area (Å²) in [5.41, 5.74) is 0.0188. The molecule has 0 saturated heterocycles. The molecule has 3 aromatic heterocycles. The molecular formula is C21H17Cl2F3N4O3S. The minimum atomic E-state index is -4.60. The van der Waals surface area contributed by atoms with Crippen molar-refractivity contribution in [1.82, 2.24) is 19.3 Å². The van der Waals surface area contributed by atoms with Gasteiger partial charge in [-0.05, 0) is 42.9 Å². The second kappa shape index (κ2) is 9.79. The van der Waals surface area contributed by atoms with E-state index in [9.17, 15) is 21.6 Å². The predicted molar refractivity (Wildman–Crippen MR) is 123 cm³/mol. The van der Waals surface area contributed by atoms with Crippen LogP contribution in [0.5, 0.6) is 11.6 Å². The fraction of sp³-hybridized carbons (Fsp3) is 0.143. The van der Waals surface area contributed by atoms with Crippen molar-refractivity contribution in [1.29, 1.82) is 0 Å². The summed E-state index contributed by atoms with van der Waals surface area (Å²) in [4.78, 5) is 7.53. The van der Waals surface area contributed by atoms with Crippen molar-refractivity contribution in [3.63, 3.8) is 0 Å². The SMILES string of the molecule is CNCc1cn(S(=O)(=O)c2cccnc2)c2cc(Oc3ncc(C(F)(F)F)cc3Cl)ccc12.Cl. The van der Waals surface area contributed by atoms with Gasteiger partial charge in [0, 0.05) is 42.8 Å². The Balaban J connectivity index is 0.00000324. The maximum absolute atomic E-state index is 13.2. The first-order chi connectivity index (χ1) is 15.6. The minimum Gasteiger partial charge on any atom is -0.437 e. The molecule has 0 aliphatic carbocycles. The third-order valence-electron chi connectivity index (χ3n) is 4.73. The first kappa shape index (κ1) is 25.8. The summed E-state index contributed by atoms with van der Waals surface area (Å²) < 4.78 is 71.7. The number of aromatic nitrogens is 3. The van der Waals surface area contributed by atoms with Gasteiger partial charge in [0.05, 0.1) is 11.1 Å². The highest BCUT2D eigenvalue weighted by molar-refractivity contribution is 7.90. The predicted octanol–water partition coefficient (Wildman–Crippen LogP) is 5.27. The fourth-order valence-electron chi connectivity index (χ4n) is 3.22. The Morgan fingerprint density at radius 1 is 1.18 bits per heavy atom. The Kier molecular flexibility index (Phi) is 7.41. The zero-order valence-corrected chi connectivity index (χ0v) is 19.8. The number of fused-ring (bicyclic) bond motifs is 1. The molecular weight excluding hydrogens is 516 g/mol. The van der Waals surface area contributed by atoms with E-state index >= 15 is 0 Å². The average Bonchev–Trinajstić information content (AvgIpc) is 3.14. The lowest BCUT2D eigenvalue weighted by molar-refractivity contribution is -0.137. The number of pyridine rings is 2. The van der Waals surface area contributed by atoms with Crippen LogP contribution in [0.1, 0.15) is 11.1 Å². The molecule has 1 aromatic carbocycles. The first-order valence-corrected chi connectivity index (χ1v) is 11.3. The van der Waals surface area contributed by atoms with Crippen LogP contribution < -0.4 is 10.1 Å². The van der Waals surface area contributed by atoms with Crippen molar-refractivity contribution in [3.8, 4) is 11.6 Å². The average molecular weight is 533 g/mol. The quantitative estimate of drug-likeness (QED) is 0.363. The van der Waals surface area contributed by atoms with E-state index in [1.165, 1.54) is 36.8 Å². The van der Waals surface area contributed by atoms with Gasteiger partial charge in [0.15, 0.2) is 0 Å². The third kappa shape index (κ3) is 4.97. The largest absolute Gasteiger partial charge is 0.437 e. The molecule has 180 valence electrons. The number of alkyl halides is 3. The summed E-state index contributed by atoms with van der Waals surface area (Å²) in [5, 5.41) is 3.30. The van der Waals surface area contributed by atoms with E-state index in [4.69, 9.17) is 16.3 Å². The molecule has 0 amide bonds. The van der Waals surface area contributed by atoms with Crippen LogP contribution in [-0.2, 0) is 22.7 Å². The highest BCUT2D eigenvalue weighted by Crippen LogP contribution is 2.36. The maximum atomic E-state index is 13.2. The van der Waals surface area contributed by atoms with Gasteiger partial charge in [0.2, 0.25) is 5.88 Å². The van der Waals surface area contributed by atoms with Crippen LogP contribution in [0.2, 0.25) is 5.02 Å². The highest BCUT2D eigenvalue weighted by Gasteiger charge is 2.32. The summed E-state index contributed by atoms with van der Waals surface area (Å²) in [5.74, 6) is -0.0962. The van der Waals surface area contributed by atoms with Gasteiger partial charge in [-0.25, -0.2) is 17.4 Å². The molecule has 0 atom stereocenters. The number of nitrogens with zero attached hydrogens (tertiary/aromatic N) is 3. The van der Waals surface area contributed by atoms with E-state index in [1.54, 1.807) is 19.2 Å². The second-order valence-corrected chi connectivity index (χ2v) is 9.19. The van der Waals surface area contributed by atoms with Crippen molar-refractivity contribution in [2.45, 2.75) is 17.6 Å². The normalized spacial score (nSPS) is 11.9. The summed E-state index contributed by atoms with van der Waals surface area (Å²) in [6.07, 6.45) is 0.216. The highest BCUT2D eigenvalue weighted by atomic mass is 35.5. The van der Waals surface area contributed by atoms with Crippen LogP contribution in [0.15, 0.2) is 66.1 Å². The van der Waals surface area contributed by atoms with Gasteiger partial charge in [0.25, 0.3) is 10.0 Å². The fourth-order valence-corrected chi connectivity index (χ4v) is 4.77. The molecule has 0 fully saturated rings. The van der Waals surface area contributed by atoms with Gasteiger partial charge in [-0.3, -0.25) is 4.98 Å². The molecule has 0 spiro atoms. The lowest BCUT2D eigenvalue weighted by Crippen LogP contribution is -2.12. The Labute approximate surface area is 204 Å². The Morgan fingerprint density at radius 2 is 1.94 bits per heavy atom. The van der Waals surface area contributed by atoms with Gasteiger partial charge >= 0.3 is 6.18 Å². The van der Waals surface area contributed by atoms with E-state index in [0.717, 1.165) is 9.54 Å². The lowest BCUT2D eigenvalue weighted by Gasteiger charge is -2.11. The van der Waals surface area contributed by atoms with Gasteiger partial charge in [-0.15, -0.1) is 12.4 Å². The lowest BCUT2D eigenvalue weighted by atomic mass is 10.1. The van der Waals surface area contributed by atoms with Gasteiger partial charge in [-0.1, -0.05) is 11.6 Å². The first-order valence-electron chi connectivity index (χ1n) is 9.46. The Hall–Kier alpha value is -2.86. The van der Waals surface area contributed by atoms with Crippen molar-refractivity contribution in [3.05, 3.63) is 77.3 Å². The van der Waals surface area contributed by atoms with Crippen molar-refractivity contribution in [2.24, 2.45) is 0 Å². The number of rotatable bonds is 6. The van der Waals surface area contributed by atoms with Gasteiger partial charge in [0.1, 0.15) is 15.7 Å². The molecule has 3 heterocycles. The molecule has 4 aromatic rings.